The molecule has 0 N–H and O–H groups in total. The van der Waals surface area contributed by atoms with E-state index in [2.05, 4.69) is 6.07 Å². The largest absolute Gasteiger partial charge is 0.218 e. The number of nitrogens with zero attached hydrogens (tertiary/aromatic N) is 2. The second kappa shape index (κ2) is 4.72. The van der Waals surface area contributed by atoms with E-state index in [4.69, 9.17) is 5.26 Å². The first kappa shape index (κ1) is 11.9. The fourth-order valence-electron chi connectivity index (χ4n) is 2.73. The fourth-order valence-corrected chi connectivity index (χ4v) is 4.93. The maximum Gasteiger partial charge on any atom is 0.218 e. The molecule has 1 unspecified atom stereocenters. The Morgan fingerprint density at radius 3 is 2.38 bits per heavy atom. The van der Waals surface area contributed by atoms with Gasteiger partial charge in [-0.05, 0) is 25.7 Å². The summed E-state index contributed by atoms with van der Waals surface area (Å²) in [6, 6.07) is 1.70. The molecule has 0 spiro atoms. The predicted molar refractivity (Wildman–Crippen MR) is 61.1 cm³/mol. The van der Waals surface area contributed by atoms with Crippen molar-refractivity contribution in [1.29, 1.82) is 5.26 Å². The molecule has 1 saturated heterocycles. The third-order valence-electron chi connectivity index (χ3n) is 3.65. The molecule has 0 radical (unpaired) electrons. The van der Waals surface area contributed by atoms with E-state index in [0.29, 0.717) is 13.0 Å². The van der Waals surface area contributed by atoms with Crippen molar-refractivity contribution in [3.8, 4) is 6.07 Å². The van der Waals surface area contributed by atoms with Gasteiger partial charge in [-0.25, -0.2) is 8.42 Å². The molecule has 1 aliphatic heterocycles. The summed E-state index contributed by atoms with van der Waals surface area (Å²) in [7, 11) is -3.21. The van der Waals surface area contributed by atoms with Gasteiger partial charge in [0, 0.05) is 6.54 Å². The van der Waals surface area contributed by atoms with Crippen molar-refractivity contribution in [3.05, 3.63) is 0 Å². The third-order valence-corrected chi connectivity index (χ3v) is 6.06. The summed E-state index contributed by atoms with van der Waals surface area (Å²) in [5.74, 6) is 0. The standard InChI is InChI=1S/C11H18N2O2S/c12-9-10-5-4-8-13(10)16(14,15)11-6-2-1-3-7-11/h10-11H,1-8H2. The average molecular weight is 242 g/mol. The van der Waals surface area contributed by atoms with E-state index < -0.39 is 16.1 Å². The van der Waals surface area contributed by atoms with Crippen molar-refractivity contribution in [1.82, 2.24) is 4.31 Å². The van der Waals surface area contributed by atoms with E-state index in [9.17, 15) is 8.42 Å². The van der Waals surface area contributed by atoms with E-state index in [0.717, 1.165) is 38.5 Å². The van der Waals surface area contributed by atoms with E-state index in [-0.39, 0.29) is 5.25 Å². The van der Waals surface area contributed by atoms with Gasteiger partial charge in [0.1, 0.15) is 6.04 Å². The van der Waals surface area contributed by atoms with Gasteiger partial charge in [0.15, 0.2) is 0 Å². The smallest absolute Gasteiger partial charge is 0.212 e. The first-order valence-electron chi connectivity index (χ1n) is 6.06. The highest BCUT2D eigenvalue weighted by atomic mass is 32.2. The van der Waals surface area contributed by atoms with Gasteiger partial charge in [-0.1, -0.05) is 19.3 Å². The normalized spacial score (nSPS) is 29.1. The number of hydrogen-bond donors (Lipinski definition) is 0. The van der Waals surface area contributed by atoms with Crippen molar-refractivity contribution < 1.29 is 8.42 Å². The minimum absolute atomic E-state index is 0.227. The van der Waals surface area contributed by atoms with Crippen LogP contribution in [0, 0.1) is 11.3 Å². The second-order valence-corrected chi connectivity index (χ2v) is 6.87. The molecule has 1 atom stereocenters. The Bertz CT molecular complexity index is 379. The Kier molecular flexibility index (Phi) is 3.50. The quantitative estimate of drug-likeness (QED) is 0.739. The highest BCUT2D eigenvalue weighted by Crippen LogP contribution is 2.30. The van der Waals surface area contributed by atoms with Gasteiger partial charge in [-0.15, -0.1) is 0 Å². The summed E-state index contributed by atoms with van der Waals surface area (Å²) in [5.41, 5.74) is 0. The van der Waals surface area contributed by atoms with Gasteiger partial charge in [-0.3, -0.25) is 0 Å². The average Bonchev–Trinajstić information content (AvgIpc) is 2.79. The predicted octanol–water partition coefficient (Wildman–Crippen LogP) is 1.64. The van der Waals surface area contributed by atoms with Crippen LogP contribution in [0.2, 0.25) is 0 Å². The highest BCUT2D eigenvalue weighted by Gasteiger charge is 2.39. The lowest BCUT2D eigenvalue weighted by Crippen LogP contribution is -2.41. The Morgan fingerprint density at radius 1 is 1.06 bits per heavy atom. The van der Waals surface area contributed by atoms with Crippen molar-refractivity contribution in [2.45, 2.75) is 56.2 Å². The molecule has 5 heteroatoms. The monoisotopic (exact) mass is 242 g/mol. The van der Waals surface area contributed by atoms with Crippen LogP contribution in [0.15, 0.2) is 0 Å². The summed E-state index contributed by atoms with van der Waals surface area (Å²) in [4.78, 5) is 0. The van der Waals surface area contributed by atoms with Crippen molar-refractivity contribution in [2.24, 2.45) is 0 Å². The van der Waals surface area contributed by atoms with Crippen molar-refractivity contribution in [3.63, 3.8) is 0 Å². The number of nitriles is 1. The molecular formula is C11H18N2O2S. The van der Waals surface area contributed by atoms with Gasteiger partial charge in [0.2, 0.25) is 10.0 Å². The first-order valence-corrected chi connectivity index (χ1v) is 7.57. The molecule has 1 aliphatic carbocycles. The van der Waals surface area contributed by atoms with E-state index in [1.54, 1.807) is 0 Å². The van der Waals surface area contributed by atoms with E-state index >= 15 is 0 Å². The molecule has 0 aromatic rings. The number of hydrogen-bond acceptors (Lipinski definition) is 3. The Hall–Kier alpha value is -0.600. The number of rotatable bonds is 2. The van der Waals surface area contributed by atoms with E-state index in [1.807, 2.05) is 0 Å². The third kappa shape index (κ3) is 2.09. The van der Waals surface area contributed by atoms with Crippen LogP contribution in [0.1, 0.15) is 44.9 Å². The zero-order chi connectivity index (χ0) is 11.6. The Balaban J connectivity index is 2.14. The molecular weight excluding hydrogens is 224 g/mol. The summed E-state index contributed by atoms with van der Waals surface area (Å²) >= 11 is 0. The molecule has 2 aliphatic rings. The zero-order valence-electron chi connectivity index (χ0n) is 9.43. The minimum atomic E-state index is -3.21. The summed E-state index contributed by atoms with van der Waals surface area (Å²) < 4.78 is 26.1. The maximum absolute atomic E-state index is 12.3. The molecule has 16 heavy (non-hydrogen) atoms. The summed E-state index contributed by atoms with van der Waals surface area (Å²) in [5, 5.41) is 8.72. The Labute approximate surface area is 97.3 Å². The van der Waals surface area contributed by atoms with Crippen LogP contribution in [-0.4, -0.2) is 30.6 Å². The van der Waals surface area contributed by atoms with Crippen LogP contribution in [0.3, 0.4) is 0 Å². The molecule has 0 aromatic heterocycles. The lowest BCUT2D eigenvalue weighted by atomic mass is 10.0. The summed E-state index contributed by atoms with van der Waals surface area (Å²) in [6.45, 7) is 0.539. The molecule has 0 amide bonds. The molecule has 2 rings (SSSR count). The molecule has 0 bridgehead atoms. The van der Waals surface area contributed by atoms with Gasteiger partial charge < -0.3 is 0 Å². The maximum atomic E-state index is 12.3. The lowest BCUT2D eigenvalue weighted by molar-refractivity contribution is 0.404. The zero-order valence-corrected chi connectivity index (χ0v) is 10.2. The molecule has 1 saturated carbocycles. The van der Waals surface area contributed by atoms with Crippen LogP contribution in [-0.2, 0) is 10.0 Å². The first-order chi connectivity index (χ1) is 7.66. The minimum Gasteiger partial charge on any atom is -0.212 e. The van der Waals surface area contributed by atoms with Gasteiger partial charge in [0.05, 0.1) is 11.3 Å². The molecule has 90 valence electrons. The molecule has 0 aromatic carbocycles. The molecule has 2 fully saturated rings. The van der Waals surface area contributed by atoms with Crippen molar-refractivity contribution in [2.75, 3.05) is 6.54 Å². The van der Waals surface area contributed by atoms with Crippen LogP contribution < -0.4 is 0 Å². The number of sulfonamides is 1. The van der Waals surface area contributed by atoms with Crippen LogP contribution >= 0.6 is 0 Å². The van der Waals surface area contributed by atoms with Gasteiger partial charge in [-0.2, -0.15) is 9.57 Å². The fraction of sp³-hybridized carbons (Fsp3) is 0.909. The van der Waals surface area contributed by atoms with Crippen LogP contribution in [0.5, 0.6) is 0 Å². The van der Waals surface area contributed by atoms with Gasteiger partial charge in [0.25, 0.3) is 0 Å². The van der Waals surface area contributed by atoms with E-state index in [1.165, 1.54) is 4.31 Å². The molecule has 1 heterocycles. The lowest BCUT2D eigenvalue weighted by Gasteiger charge is -2.28. The second-order valence-electron chi connectivity index (χ2n) is 4.70. The van der Waals surface area contributed by atoms with Crippen LogP contribution in [0.4, 0.5) is 0 Å². The topological polar surface area (TPSA) is 61.2 Å². The van der Waals surface area contributed by atoms with Crippen LogP contribution in [0.25, 0.3) is 0 Å². The Morgan fingerprint density at radius 2 is 1.75 bits per heavy atom. The molecule has 4 nitrogen and oxygen atoms in total. The van der Waals surface area contributed by atoms with Gasteiger partial charge >= 0.3 is 0 Å². The van der Waals surface area contributed by atoms with Crippen molar-refractivity contribution >= 4 is 10.0 Å². The summed E-state index contributed by atoms with van der Waals surface area (Å²) in [6.07, 6.45) is 6.23. The SMILES string of the molecule is N#CC1CCCN1S(=O)(=O)C1CCCCC1. The highest BCUT2D eigenvalue weighted by molar-refractivity contribution is 7.89.